The minimum Gasteiger partial charge on any atom is -0.481 e. The molecule has 0 amide bonds. The van der Waals surface area contributed by atoms with Crippen LogP contribution in [0, 0.1) is 21.7 Å². The first-order valence-corrected chi connectivity index (χ1v) is 23.9. The molecule has 0 bridgehead atoms. The molecular weight excluding hydrogens is 671 g/mol. The molecule has 54 heavy (non-hydrogen) atoms. The zero-order valence-corrected chi connectivity index (χ0v) is 36.5. The van der Waals surface area contributed by atoms with Crippen LogP contribution in [0.3, 0.4) is 0 Å². The Morgan fingerprint density at radius 1 is 0.481 bits per heavy atom. The first-order chi connectivity index (χ1) is 26.1. The Bertz CT molecular complexity index is 880. The fourth-order valence-corrected chi connectivity index (χ4v) is 10.8. The molecular formula is C48H91NO5. The molecule has 1 saturated heterocycles. The van der Waals surface area contributed by atoms with Gasteiger partial charge in [0, 0.05) is 6.61 Å². The van der Waals surface area contributed by atoms with Gasteiger partial charge in [0.1, 0.15) is 0 Å². The van der Waals surface area contributed by atoms with Crippen molar-refractivity contribution in [1.29, 1.82) is 0 Å². The van der Waals surface area contributed by atoms with Crippen molar-refractivity contribution in [1.82, 2.24) is 4.90 Å². The van der Waals surface area contributed by atoms with Crippen LogP contribution in [0.4, 0.5) is 0 Å². The second-order valence-corrected chi connectivity index (χ2v) is 19.0. The van der Waals surface area contributed by atoms with Gasteiger partial charge in [-0.05, 0) is 120 Å². The molecule has 1 spiro atoms. The van der Waals surface area contributed by atoms with E-state index in [9.17, 15) is 24.9 Å². The lowest BCUT2D eigenvalue weighted by atomic mass is 9.51. The molecule has 2 aliphatic rings. The van der Waals surface area contributed by atoms with E-state index in [-0.39, 0.29) is 12.0 Å². The van der Waals surface area contributed by atoms with Crippen molar-refractivity contribution >= 4 is 11.9 Å². The molecule has 318 valence electrons. The lowest BCUT2D eigenvalue weighted by molar-refractivity contribution is -0.159. The number of aliphatic carboxylic acids is 2. The van der Waals surface area contributed by atoms with Gasteiger partial charge in [0.05, 0.1) is 10.8 Å². The van der Waals surface area contributed by atoms with Gasteiger partial charge in [-0.3, -0.25) is 9.59 Å². The maximum Gasteiger partial charge on any atom is 0.309 e. The van der Waals surface area contributed by atoms with Crippen molar-refractivity contribution in [3.8, 4) is 0 Å². The smallest absolute Gasteiger partial charge is 0.309 e. The molecule has 0 aromatic heterocycles. The van der Waals surface area contributed by atoms with E-state index < -0.39 is 22.8 Å². The molecule has 1 aliphatic carbocycles. The SMILES string of the molecule is CCCCCCCC(CCCCCCC)(CC1(CC(CCCCCCC)(CCCCCCC)C(=O)O)CCC2(CCN(CCCCO)CC2)CC1)C(=O)O. The molecule has 0 atom stereocenters. The lowest BCUT2D eigenvalue weighted by Gasteiger charge is -2.54. The number of unbranched alkanes of at least 4 members (excludes halogenated alkanes) is 17. The van der Waals surface area contributed by atoms with Crippen LogP contribution in [-0.2, 0) is 9.59 Å². The Morgan fingerprint density at radius 2 is 0.833 bits per heavy atom. The average Bonchev–Trinajstić information content (AvgIpc) is 3.16. The van der Waals surface area contributed by atoms with Crippen molar-refractivity contribution in [3.05, 3.63) is 0 Å². The molecule has 3 N–H and O–H groups in total. The predicted octanol–water partition coefficient (Wildman–Crippen LogP) is 13.8. The number of hydrogen-bond acceptors (Lipinski definition) is 4. The Labute approximate surface area is 334 Å². The monoisotopic (exact) mass is 762 g/mol. The van der Waals surface area contributed by atoms with Gasteiger partial charge < -0.3 is 20.2 Å². The zero-order chi connectivity index (χ0) is 39.6. The number of nitrogens with zero attached hydrogens (tertiary/aromatic N) is 1. The molecule has 2 fully saturated rings. The van der Waals surface area contributed by atoms with E-state index in [1.54, 1.807) is 0 Å². The van der Waals surface area contributed by atoms with Gasteiger partial charge in [0.2, 0.25) is 0 Å². The van der Waals surface area contributed by atoms with E-state index in [0.717, 1.165) is 135 Å². The summed E-state index contributed by atoms with van der Waals surface area (Å²) >= 11 is 0. The van der Waals surface area contributed by atoms with E-state index in [2.05, 4.69) is 32.6 Å². The summed E-state index contributed by atoms with van der Waals surface area (Å²) in [5.41, 5.74) is -1.49. The number of piperidine rings is 1. The van der Waals surface area contributed by atoms with Gasteiger partial charge in [0.15, 0.2) is 0 Å². The van der Waals surface area contributed by atoms with E-state index in [1.165, 1.54) is 89.9 Å². The van der Waals surface area contributed by atoms with Crippen LogP contribution < -0.4 is 0 Å². The molecule has 0 aromatic rings. The maximum atomic E-state index is 13.8. The van der Waals surface area contributed by atoms with Crippen molar-refractivity contribution < 1.29 is 24.9 Å². The van der Waals surface area contributed by atoms with Crippen LogP contribution in [0.2, 0.25) is 0 Å². The molecule has 6 heteroatoms. The molecule has 1 aliphatic heterocycles. The van der Waals surface area contributed by atoms with Gasteiger partial charge >= 0.3 is 11.9 Å². The van der Waals surface area contributed by atoms with Crippen LogP contribution in [0.1, 0.15) is 246 Å². The number of carboxylic acid groups (broad SMARTS) is 2. The summed E-state index contributed by atoms with van der Waals surface area (Å²) in [5, 5.41) is 32.0. The maximum absolute atomic E-state index is 13.8. The van der Waals surface area contributed by atoms with Crippen LogP contribution >= 0.6 is 0 Å². The summed E-state index contributed by atoms with van der Waals surface area (Å²) in [6.07, 6.45) is 35.3. The van der Waals surface area contributed by atoms with E-state index >= 15 is 0 Å². The highest BCUT2D eigenvalue weighted by Gasteiger charge is 2.54. The Kier molecular flexibility index (Phi) is 24.9. The molecule has 6 nitrogen and oxygen atoms in total. The number of carbonyl (C=O) groups is 2. The van der Waals surface area contributed by atoms with E-state index in [0.29, 0.717) is 18.3 Å². The van der Waals surface area contributed by atoms with Crippen LogP contribution in [0.25, 0.3) is 0 Å². The molecule has 2 rings (SSSR count). The van der Waals surface area contributed by atoms with Crippen LogP contribution in [0.15, 0.2) is 0 Å². The lowest BCUT2D eigenvalue weighted by Crippen LogP contribution is -2.48. The first-order valence-electron chi connectivity index (χ1n) is 23.9. The van der Waals surface area contributed by atoms with Crippen molar-refractivity contribution in [2.24, 2.45) is 21.7 Å². The highest BCUT2D eigenvalue weighted by atomic mass is 16.4. The summed E-state index contributed by atoms with van der Waals surface area (Å²) in [7, 11) is 0. The quantitative estimate of drug-likeness (QED) is 0.0565. The number of likely N-dealkylation sites (tertiary alicyclic amines) is 1. The summed E-state index contributed by atoms with van der Waals surface area (Å²) in [6.45, 7) is 12.5. The first kappa shape index (κ1) is 49.0. The van der Waals surface area contributed by atoms with Crippen molar-refractivity contribution in [2.45, 2.75) is 246 Å². The highest BCUT2D eigenvalue weighted by molar-refractivity contribution is 5.75. The number of aliphatic hydroxyl groups is 1. The predicted molar refractivity (Wildman–Crippen MR) is 228 cm³/mol. The van der Waals surface area contributed by atoms with Gasteiger partial charge in [0.25, 0.3) is 0 Å². The largest absolute Gasteiger partial charge is 0.481 e. The minimum absolute atomic E-state index is 0.250. The minimum atomic E-state index is -0.772. The topological polar surface area (TPSA) is 98.1 Å². The van der Waals surface area contributed by atoms with E-state index in [1.807, 2.05) is 0 Å². The number of aliphatic hydroxyl groups excluding tert-OH is 1. The second kappa shape index (κ2) is 27.5. The van der Waals surface area contributed by atoms with Gasteiger partial charge in [-0.2, -0.15) is 0 Å². The summed E-state index contributed by atoms with van der Waals surface area (Å²) in [5.74, 6) is -1.21. The van der Waals surface area contributed by atoms with Gasteiger partial charge in [-0.25, -0.2) is 0 Å². The summed E-state index contributed by atoms with van der Waals surface area (Å²) in [6, 6.07) is 0. The third-order valence-electron chi connectivity index (χ3n) is 14.5. The molecule has 0 radical (unpaired) electrons. The fourth-order valence-electron chi connectivity index (χ4n) is 10.8. The highest BCUT2D eigenvalue weighted by Crippen LogP contribution is 2.60. The van der Waals surface area contributed by atoms with Crippen LogP contribution in [0.5, 0.6) is 0 Å². The normalized spacial score (nSPS) is 17.6. The Hall–Kier alpha value is -1.14. The number of rotatable bonds is 34. The van der Waals surface area contributed by atoms with Crippen molar-refractivity contribution in [3.63, 3.8) is 0 Å². The third-order valence-corrected chi connectivity index (χ3v) is 14.5. The second-order valence-electron chi connectivity index (χ2n) is 19.0. The molecule has 0 aromatic carbocycles. The number of hydrogen-bond donors (Lipinski definition) is 3. The van der Waals surface area contributed by atoms with Crippen LogP contribution in [-0.4, -0.2) is 58.4 Å². The summed E-state index contributed by atoms with van der Waals surface area (Å²) < 4.78 is 0. The van der Waals surface area contributed by atoms with Gasteiger partial charge in [-0.1, -0.05) is 156 Å². The summed E-state index contributed by atoms with van der Waals surface area (Å²) in [4.78, 5) is 30.2. The third kappa shape index (κ3) is 17.2. The number of carboxylic acids is 2. The Morgan fingerprint density at radius 3 is 1.15 bits per heavy atom. The molecule has 0 unspecified atom stereocenters. The van der Waals surface area contributed by atoms with Gasteiger partial charge in [-0.15, -0.1) is 0 Å². The fraction of sp³-hybridized carbons (Fsp3) is 0.958. The standard InChI is InChI=1S/C48H91NO5/c1-5-9-13-17-21-27-47(43(51)52,28-22-18-14-10-6-2)41-46(33-31-45(32-34-46)35-38-49(39-36-45)37-25-26-40-50)42-48(44(53)54,29-23-19-15-11-7-3)30-24-20-16-12-8-4/h50H,5-42H2,1-4H3,(H,51,52)(H,53,54). The molecule has 1 heterocycles. The zero-order valence-electron chi connectivity index (χ0n) is 36.5. The Balaban J connectivity index is 2.50. The van der Waals surface area contributed by atoms with Crippen molar-refractivity contribution in [2.75, 3.05) is 26.2 Å². The average molecular weight is 762 g/mol. The molecule has 1 saturated carbocycles. The van der Waals surface area contributed by atoms with E-state index in [4.69, 9.17) is 0 Å².